The lowest BCUT2D eigenvalue weighted by Crippen LogP contribution is -2.55. The van der Waals surface area contributed by atoms with Gasteiger partial charge < -0.3 is 9.64 Å². The van der Waals surface area contributed by atoms with Crippen LogP contribution in [0.4, 0.5) is 18.9 Å². The quantitative estimate of drug-likeness (QED) is 0.808. The largest absolute Gasteiger partial charge is 0.497 e. The molecule has 1 fully saturated rings. The molecule has 0 radical (unpaired) electrons. The molecule has 1 aliphatic heterocycles. The van der Waals surface area contributed by atoms with Gasteiger partial charge in [0.25, 0.3) is 0 Å². The molecule has 7 heteroatoms. The van der Waals surface area contributed by atoms with Crippen molar-refractivity contribution < 1.29 is 22.7 Å². The van der Waals surface area contributed by atoms with Gasteiger partial charge in [0.2, 0.25) is 5.91 Å². The van der Waals surface area contributed by atoms with Crippen molar-refractivity contribution in [2.24, 2.45) is 0 Å². The van der Waals surface area contributed by atoms with Crippen LogP contribution in [0.1, 0.15) is 18.1 Å². The Morgan fingerprint density at radius 1 is 1.11 bits per heavy atom. The number of alkyl halides is 3. The molecule has 1 unspecified atom stereocenters. The lowest BCUT2D eigenvalue weighted by atomic mass is 10.1. The molecular weight excluding hydrogens is 357 g/mol. The Balaban J connectivity index is 1.75. The molecule has 0 aliphatic carbocycles. The maximum absolute atomic E-state index is 13.0. The summed E-state index contributed by atoms with van der Waals surface area (Å²) in [6.45, 7) is 3.26. The second-order valence-corrected chi connectivity index (χ2v) is 6.54. The van der Waals surface area contributed by atoms with Crippen LogP contribution in [0.3, 0.4) is 0 Å². The summed E-state index contributed by atoms with van der Waals surface area (Å²) >= 11 is 0. The highest BCUT2D eigenvalue weighted by atomic mass is 19.4. The number of ether oxygens (including phenoxy) is 1. The van der Waals surface area contributed by atoms with Gasteiger partial charge in [-0.2, -0.15) is 13.2 Å². The van der Waals surface area contributed by atoms with Crippen LogP contribution in [-0.4, -0.2) is 37.0 Å². The fourth-order valence-electron chi connectivity index (χ4n) is 3.24. The predicted molar refractivity (Wildman–Crippen MR) is 96.7 cm³/mol. The van der Waals surface area contributed by atoms with E-state index in [1.807, 2.05) is 29.2 Å². The zero-order chi connectivity index (χ0) is 19.6. The topological polar surface area (TPSA) is 32.8 Å². The molecule has 0 N–H and O–H groups in total. The number of halogens is 3. The highest BCUT2D eigenvalue weighted by Crippen LogP contribution is 2.32. The molecule has 3 rings (SSSR count). The standard InChI is InChI=1S/C20H21F3N2O2/c1-14-19(26)25(17-7-4-6-16(12-17)20(21,22)23)10-9-24(14)13-15-5-3-8-18(11-15)27-2/h3-8,11-12,14H,9-10,13H2,1-2H3. The van der Waals surface area contributed by atoms with Gasteiger partial charge in [0.15, 0.2) is 0 Å². The van der Waals surface area contributed by atoms with Crippen molar-refractivity contribution in [2.75, 3.05) is 25.1 Å². The maximum Gasteiger partial charge on any atom is 0.416 e. The van der Waals surface area contributed by atoms with E-state index in [0.717, 1.165) is 23.4 Å². The second-order valence-electron chi connectivity index (χ2n) is 6.54. The Labute approximate surface area is 156 Å². The number of anilines is 1. The fraction of sp³-hybridized carbons (Fsp3) is 0.350. The van der Waals surface area contributed by atoms with Gasteiger partial charge in [-0.25, -0.2) is 0 Å². The lowest BCUT2D eigenvalue weighted by Gasteiger charge is -2.39. The minimum atomic E-state index is -4.43. The van der Waals surface area contributed by atoms with Crippen LogP contribution in [-0.2, 0) is 17.5 Å². The van der Waals surface area contributed by atoms with E-state index < -0.39 is 17.8 Å². The van der Waals surface area contributed by atoms with Crippen molar-refractivity contribution in [3.63, 3.8) is 0 Å². The van der Waals surface area contributed by atoms with Crippen molar-refractivity contribution >= 4 is 11.6 Å². The number of benzene rings is 2. The molecule has 0 saturated carbocycles. The molecule has 0 bridgehead atoms. The zero-order valence-corrected chi connectivity index (χ0v) is 15.2. The van der Waals surface area contributed by atoms with Crippen LogP contribution in [0.15, 0.2) is 48.5 Å². The number of amides is 1. The third-order valence-corrected chi connectivity index (χ3v) is 4.79. The highest BCUT2D eigenvalue weighted by Gasteiger charge is 2.34. The Bertz CT molecular complexity index is 823. The van der Waals surface area contributed by atoms with Crippen LogP contribution in [0, 0.1) is 0 Å². The minimum absolute atomic E-state index is 0.205. The number of piperazine rings is 1. The number of carbonyl (C=O) groups is 1. The smallest absolute Gasteiger partial charge is 0.416 e. The average molecular weight is 378 g/mol. The van der Waals surface area contributed by atoms with E-state index in [4.69, 9.17) is 4.74 Å². The summed E-state index contributed by atoms with van der Waals surface area (Å²) in [5, 5.41) is 0. The van der Waals surface area contributed by atoms with Crippen LogP contribution in [0.25, 0.3) is 0 Å². The first-order valence-electron chi connectivity index (χ1n) is 8.65. The fourth-order valence-corrected chi connectivity index (χ4v) is 3.24. The molecule has 1 heterocycles. The molecule has 2 aromatic rings. The summed E-state index contributed by atoms with van der Waals surface area (Å²) in [4.78, 5) is 16.2. The molecule has 1 amide bonds. The van der Waals surface area contributed by atoms with Crippen molar-refractivity contribution in [3.8, 4) is 5.75 Å². The molecule has 0 aromatic heterocycles. The van der Waals surface area contributed by atoms with Gasteiger partial charge in [-0.05, 0) is 42.8 Å². The van der Waals surface area contributed by atoms with Crippen molar-refractivity contribution in [2.45, 2.75) is 25.7 Å². The number of methoxy groups -OCH3 is 1. The number of hydrogen-bond acceptors (Lipinski definition) is 3. The first kappa shape index (κ1) is 19.2. The molecule has 0 spiro atoms. The Morgan fingerprint density at radius 2 is 1.85 bits per heavy atom. The molecule has 2 aromatic carbocycles. The molecule has 27 heavy (non-hydrogen) atoms. The van der Waals surface area contributed by atoms with E-state index in [-0.39, 0.29) is 11.6 Å². The highest BCUT2D eigenvalue weighted by molar-refractivity contribution is 5.97. The SMILES string of the molecule is COc1cccc(CN2CCN(c3cccc(C(F)(F)F)c3)C(=O)C2C)c1. The summed E-state index contributed by atoms with van der Waals surface area (Å²) in [7, 11) is 1.60. The Kier molecular flexibility index (Phi) is 5.41. The lowest BCUT2D eigenvalue weighted by molar-refractivity contribution is -0.137. The average Bonchev–Trinajstić information content (AvgIpc) is 2.65. The van der Waals surface area contributed by atoms with Crippen molar-refractivity contribution in [1.82, 2.24) is 4.90 Å². The molecule has 4 nitrogen and oxygen atoms in total. The number of hydrogen-bond donors (Lipinski definition) is 0. The van der Waals surface area contributed by atoms with E-state index in [0.29, 0.717) is 19.6 Å². The minimum Gasteiger partial charge on any atom is -0.497 e. The van der Waals surface area contributed by atoms with Crippen LogP contribution in [0.5, 0.6) is 5.75 Å². The van der Waals surface area contributed by atoms with E-state index in [1.54, 1.807) is 14.0 Å². The van der Waals surface area contributed by atoms with E-state index in [2.05, 4.69) is 0 Å². The zero-order valence-electron chi connectivity index (χ0n) is 15.2. The van der Waals surface area contributed by atoms with Crippen LogP contribution < -0.4 is 9.64 Å². The normalized spacial score (nSPS) is 18.6. The molecule has 1 saturated heterocycles. The van der Waals surface area contributed by atoms with Crippen LogP contribution >= 0.6 is 0 Å². The number of nitrogens with zero attached hydrogens (tertiary/aromatic N) is 2. The Morgan fingerprint density at radius 3 is 2.56 bits per heavy atom. The summed E-state index contributed by atoms with van der Waals surface area (Å²) in [5.41, 5.74) is 0.545. The van der Waals surface area contributed by atoms with Gasteiger partial charge in [-0.3, -0.25) is 9.69 Å². The third-order valence-electron chi connectivity index (χ3n) is 4.79. The van der Waals surface area contributed by atoms with E-state index >= 15 is 0 Å². The summed E-state index contributed by atoms with van der Waals surface area (Å²) in [6.07, 6.45) is -4.43. The van der Waals surface area contributed by atoms with Crippen LogP contribution in [0.2, 0.25) is 0 Å². The monoisotopic (exact) mass is 378 g/mol. The first-order valence-corrected chi connectivity index (χ1v) is 8.65. The summed E-state index contributed by atoms with van der Waals surface area (Å²) in [5.74, 6) is 0.539. The summed E-state index contributed by atoms with van der Waals surface area (Å²) < 4.78 is 44.1. The molecule has 144 valence electrons. The van der Waals surface area contributed by atoms with E-state index in [9.17, 15) is 18.0 Å². The molecule has 1 aliphatic rings. The molecule has 1 atom stereocenters. The van der Waals surface area contributed by atoms with Gasteiger partial charge >= 0.3 is 6.18 Å². The second kappa shape index (κ2) is 7.60. The van der Waals surface area contributed by atoms with Gasteiger partial charge in [-0.1, -0.05) is 18.2 Å². The maximum atomic E-state index is 13.0. The van der Waals surface area contributed by atoms with Gasteiger partial charge in [0, 0.05) is 25.3 Å². The number of carbonyl (C=O) groups excluding carboxylic acids is 1. The first-order chi connectivity index (χ1) is 12.8. The van der Waals surface area contributed by atoms with Crippen molar-refractivity contribution in [1.29, 1.82) is 0 Å². The van der Waals surface area contributed by atoms with Gasteiger partial charge in [-0.15, -0.1) is 0 Å². The van der Waals surface area contributed by atoms with Gasteiger partial charge in [0.1, 0.15) is 5.75 Å². The molecular formula is C20H21F3N2O2. The summed E-state index contributed by atoms with van der Waals surface area (Å²) in [6, 6.07) is 12.1. The van der Waals surface area contributed by atoms with E-state index in [1.165, 1.54) is 17.0 Å². The van der Waals surface area contributed by atoms with Gasteiger partial charge in [0.05, 0.1) is 18.7 Å². The van der Waals surface area contributed by atoms with Crippen molar-refractivity contribution in [3.05, 3.63) is 59.7 Å². The third kappa shape index (κ3) is 4.24. The Hall–Kier alpha value is -2.54. The number of rotatable bonds is 4. The predicted octanol–water partition coefficient (Wildman–Crippen LogP) is 3.95.